The van der Waals surface area contributed by atoms with E-state index in [0.29, 0.717) is 23.6 Å². The first-order valence-electron chi connectivity index (χ1n) is 7.28. The first kappa shape index (κ1) is 18.0. The molecule has 0 amide bonds. The highest BCUT2D eigenvalue weighted by Gasteiger charge is 2.13. The summed E-state index contributed by atoms with van der Waals surface area (Å²) in [5, 5.41) is 0. The van der Waals surface area contributed by atoms with Crippen molar-refractivity contribution in [3.05, 3.63) is 65.0 Å². The van der Waals surface area contributed by atoms with E-state index in [1.807, 2.05) is 13.8 Å². The van der Waals surface area contributed by atoms with Crippen LogP contribution in [0.3, 0.4) is 0 Å². The van der Waals surface area contributed by atoms with Crippen molar-refractivity contribution in [2.24, 2.45) is 0 Å². The first-order chi connectivity index (χ1) is 10.9. The highest BCUT2D eigenvalue weighted by atomic mass is 32.2. The van der Waals surface area contributed by atoms with Crippen LogP contribution in [-0.2, 0) is 15.8 Å². The molecule has 0 aliphatic carbocycles. The number of hydrogen-bond acceptors (Lipinski definition) is 3. The van der Waals surface area contributed by atoms with Gasteiger partial charge in [0, 0.05) is 18.1 Å². The van der Waals surface area contributed by atoms with Crippen LogP contribution in [0.1, 0.15) is 16.7 Å². The lowest BCUT2D eigenvalue weighted by Crippen LogP contribution is -2.26. The Morgan fingerprint density at radius 1 is 1.09 bits per heavy atom. The number of thioether (sulfide) groups is 1. The van der Waals surface area contributed by atoms with Gasteiger partial charge in [-0.3, -0.25) is 0 Å². The zero-order chi connectivity index (χ0) is 16.9. The second-order valence-electron chi connectivity index (χ2n) is 5.29. The van der Waals surface area contributed by atoms with Crippen molar-refractivity contribution >= 4 is 21.8 Å². The monoisotopic (exact) mass is 353 g/mol. The average Bonchev–Trinajstić information content (AvgIpc) is 2.51. The second kappa shape index (κ2) is 7.95. The van der Waals surface area contributed by atoms with Gasteiger partial charge in [0.15, 0.2) is 0 Å². The molecule has 124 valence electrons. The summed E-state index contributed by atoms with van der Waals surface area (Å²) in [6, 6.07) is 11.7. The quantitative estimate of drug-likeness (QED) is 0.773. The molecule has 0 saturated heterocycles. The maximum absolute atomic E-state index is 13.5. The maximum Gasteiger partial charge on any atom is 0.240 e. The lowest BCUT2D eigenvalue weighted by molar-refractivity contribution is 0.584. The molecular formula is C17H20FNO2S2. The molecule has 0 fully saturated rings. The molecule has 2 rings (SSSR count). The molecule has 0 radical (unpaired) electrons. The fourth-order valence-corrected chi connectivity index (χ4v) is 4.10. The van der Waals surface area contributed by atoms with Gasteiger partial charge in [-0.25, -0.2) is 17.5 Å². The van der Waals surface area contributed by atoms with Crippen molar-refractivity contribution in [1.29, 1.82) is 0 Å². The van der Waals surface area contributed by atoms with Gasteiger partial charge in [0.05, 0.1) is 4.90 Å². The molecule has 3 nitrogen and oxygen atoms in total. The molecule has 0 aliphatic heterocycles. The van der Waals surface area contributed by atoms with E-state index in [1.165, 1.54) is 17.8 Å². The smallest absolute Gasteiger partial charge is 0.210 e. The van der Waals surface area contributed by atoms with Crippen LogP contribution < -0.4 is 4.72 Å². The van der Waals surface area contributed by atoms with Crippen molar-refractivity contribution in [2.45, 2.75) is 24.5 Å². The van der Waals surface area contributed by atoms with Crippen molar-refractivity contribution < 1.29 is 12.8 Å². The van der Waals surface area contributed by atoms with Gasteiger partial charge in [-0.2, -0.15) is 11.8 Å². The van der Waals surface area contributed by atoms with E-state index in [2.05, 4.69) is 4.72 Å². The number of sulfonamides is 1. The Hall–Kier alpha value is -1.37. The lowest BCUT2D eigenvalue weighted by atomic mass is 10.1. The minimum Gasteiger partial charge on any atom is -0.210 e. The number of rotatable bonds is 7. The van der Waals surface area contributed by atoms with Crippen molar-refractivity contribution in [1.82, 2.24) is 4.72 Å². The molecular weight excluding hydrogens is 333 g/mol. The normalized spacial score (nSPS) is 11.6. The van der Waals surface area contributed by atoms with Crippen molar-refractivity contribution in [2.75, 3.05) is 12.3 Å². The van der Waals surface area contributed by atoms with Crippen LogP contribution >= 0.6 is 11.8 Å². The molecule has 2 aromatic rings. The Morgan fingerprint density at radius 3 is 2.52 bits per heavy atom. The molecule has 6 heteroatoms. The van der Waals surface area contributed by atoms with Gasteiger partial charge >= 0.3 is 0 Å². The summed E-state index contributed by atoms with van der Waals surface area (Å²) in [5.41, 5.74) is 2.64. The van der Waals surface area contributed by atoms with E-state index in [0.717, 1.165) is 11.1 Å². The van der Waals surface area contributed by atoms with Gasteiger partial charge in [0.25, 0.3) is 0 Å². The Labute approximate surface area is 141 Å². The van der Waals surface area contributed by atoms with Crippen molar-refractivity contribution in [3.8, 4) is 0 Å². The summed E-state index contributed by atoms with van der Waals surface area (Å²) in [5.74, 6) is 0.881. The molecule has 0 atom stereocenters. The SMILES string of the molecule is Cc1ccc(S(=O)(=O)NCCSCc2ccccc2F)cc1C. The number of nitrogens with one attached hydrogen (secondary N) is 1. The van der Waals surface area contributed by atoms with Gasteiger partial charge in [0.2, 0.25) is 10.0 Å². The Balaban J connectivity index is 1.83. The maximum atomic E-state index is 13.5. The Kier molecular flexibility index (Phi) is 6.21. The third-order valence-electron chi connectivity index (χ3n) is 3.54. The van der Waals surface area contributed by atoms with E-state index in [-0.39, 0.29) is 10.7 Å². The van der Waals surface area contributed by atoms with Gasteiger partial charge in [-0.05, 0) is 48.7 Å². The minimum atomic E-state index is -3.49. The van der Waals surface area contributed by atoms with Gasteiger partial charge < -0.3 is 0 Å². The largest absolute Gasteiger partial charge is 0.240 e. The van der Waals surface area contributed by atoms with E-state index in [4.69, 9.17) is 0 Å². The predicted molar refractivity (Wildman–Crippen MR) is 93.7 cm³/mol. The van der Waals surface area contributed by atoms with Crippen LogP contribution in [0, 0.1) is 19.7 Å². The van der Waals surface area contributed by atoms with Gasteiger partial charge in [-0.1, -0.05) is 24.3 Å². The number of hydrogen-bond donors (Lipinski definition) is 1. The minimum absolute atomic E-state index is 0.226. The van der Waals surface area contributed by atoms with E-state index in [9.17, 15) is 12.8 Å². The van der Waals surface area contributed by atoms with Crippen LogP contribution in [0.25, 0.3) is 0 Å². The van der Waals surface area contributed by atoms with Crippen LogP contribution in [0.4, 0.5) is 4.39 Å². The number of aryl methyl sites for hydroxylation is 2. The summed E-state index contributed by atoms with van der Waals surface area (Å²) in [6.45, 7) is 4.14. The third-order valence-corrected chi connectivity index (χ3v) is 6.01. The van der Waals surface area contributed by atoms with E-state index in [1.54, 1.807) is 36.4 Å². The molecule has 0 unspecified atom stereocenters. The standard InChI is InChI=1S/C17H20FNO2S2/c1-13-7-8-16(11-14(13)2)23(20,21)19-9-10-22-12-15-5-3-4-6-17(15)18/h3-8,11,19H,9-10,12H2,1-2H3. The highest BCUT2D eigenvalue weighted by molar-refractivity contribution is 7.98. The topological polar surface area (TPSA) is 46.2 Å². The van der Waals surface area contributed by atoms with Crippen LogP contribution in [-0.4, -0.2) is 20.7 Å². The third kappa shape index (κ3) is 5.06. The Bertz CT molecular complexity index is 776. The molecule has 0 spiro atoms. The zero-order valence-electron chi connectivity index (χ0n) is 13.2. The molecule has 23 heavy (non-hydrogen) atoms. The predicted octanol–water partition coefficient (Wildman–Crippen LogP) is 3.65. The molecule has 2 aromatic carbocycles. The molecule has 1 N–H and O–H groups in total. The highest BCUT2D eigenvalue weighted by Crippen LogP contribution is 2.16. The average molecular weight is 353 g/mol. The molecule has 0 saturated carbocycles. The fourth-order valence-electron chi connectivity index (χ4n) is 2.01. The molecule has 0 aliphatic rings. The number of benzene rings is 2. The van der Waals surface area contributed by atoms with Crippen molar-refractivity contribution in [3.63, 3.8) is 0 Å². The second-order valence-corrected chi connectivity index (χ2v) is 8.16. The first-order valence-corrected chi connectivity index (χ1v) is 9.92. The zero-order valence-corrected chi connectivity index (χ0v) is 14.8. The summed E-state index contributed by atoms with van der Waals surface area (Å²) in [7, 11) is -3.49. The van der Waals surface area contributed by atoms with Gasteiger partial charge in [-0.15, -0.1) is 0 Å². The number of halogens is 1. The van der Waals surface area contributed by atoms with Crippen LogP contribution in [0.15, 0.2) is 47.4 Å². The Morgan fingerprint density at radius 2 is 1.83 bits per heavy atom. The van der Waals surface area contributed by atoms with E-state index < -0.39 is 10.0 Å². The molecule has 0 aromatic heterocycles. The summed E-state index contributed by atoms with van der Waals surface area (Å²) < 4.78 is 40.4. The van der Waals surface area contributed by atoms with E-state index >= 15 is 0 Å². The summed E-state index contributed by atoms with van der Waals surface area (Å²) in [6.07, 6.45) is 0. The summed E-state index contributed by atoms with van der Waals surface area (Å²) in [4.78, 5) is 0.278. The van der Waals surface area contributed by atoms with Crippen LogP contribution in [0.2, 0.25) is 0 Å². The lowest BCUT2D eigenvalue weighted by Gasteiger charge is -2.09. The van der Waals surface area contributed by atoms with Gasteiger partial charge in [0.1, 0.15) is 5.82 Å². The fraction of sp³-hybridized carbons (Fsp3) is 0.294. The summed E-state index contributed by atoms with van der Waals surface area (Å²) >= 11 is 1.50. The molecule has 0 heterocycles. The molecule has 0 bridgehead atoms. The van der Waals surface area contributed by atoms with Crippen LogP contribution in [0.5, 0.6) is 0 Å².